The minimum Gasteiger partial charge on any atom is -0.495 e. The van der Waals surface area contributed by atoms with Crippen LogP contribution in [0.4, 0.5) is 11.4 Å². The van der Waals surface area contributed by atoms with Gasteiger partial charge in [-0.2, -0.15) is 0 Å². The molecular formula is C22H15ClN2O4. The Balaban J connectivity index is 1.53. The number of methoxy groups -OCH3 is 1. The second-order valence-corrected chi connectivity index (χ2v) is 6.75. The molecule has 0 spiro atoms. The molecular weight excluding hydrogens is 392 g/mol. The van der Waals surface area contributed by atoms with E-state index in [2.05, 4.69) is 5.32 Å². The molecule has 0 radical (unpaired) electrons. The average molecular weight is 407 g/mol. The standard InChI is InChI=1S/C22H15ClN2O4/c1-29-19-11-8-14(12-18(19)23)24-20(26)13-6-9-15(10-7-13)25-21(27)16-4-2-3-5-17(16)22(25)28/h2-12H,1H3,(H,24,26). The highest BCUT2D eigenvalue weighted by atomic mass is 35.5. The van der Waals surface area contributed by atoms with Crippen molar-refractivity contribution >= 4 is 40.7 Å². The van der Waals surface area contributed by atoms with Gasteiger partial charge < -0.3 is 10.1 Å². The van der Waals surface area contributed by atoms with E-state index in [0.29, 0.717) is 38.8 Å². The Morgan fingerprint density at radius 2 is 1.55 bits per heavy atom. The van der Waals surface area contributed by atoms with Crippen LogP contribution in [0.5, 0.6) is 5.75 Å². The monoisotopic (exact) mass is 406 g/mol. The van der Waals surface area contributed by atoms with Crippen LogP contribution in [0.1, 0.15) is 31.1 Å². The predicted molar refractivity (Wildman–Crippen MR) is 110 cm³/mol. The molecule has 0 saturated heterocycles. The quantitative estimate of drug-likeness (QED) is 0.651. The Kier molecular flexibility index (Phi) is 4.78. The van der Waals surface area contributed by atoms with Gasteiger partial charge in [-0.15, -0.1) is 0 Å². The lowest BCUT2D eigenvalue weighted by molar-refractivity contribution is 0.0925. The van der Waals surface area contributed by atoms with Crippen LogP contribution in [0.3, 0.4) is 0 Å². The molecule has 3 aromatic rings. The minimum absolute atomic E-state index is 0.347. The zero-order valence-electron chi connectivity index (χ0n) is 15.3. The topological polar surface area (TPSA) is 75.7 Å². The van der Waals surface area contributed by atoms with Crippen LogP contribution >= 0.6 is 11.6 Å². The van der Waals surface area contributed by atoms with Crippen LogP contribution in [0.15, 0.2) is 66.7 Å². The summed E-state index contributed by atoms with van der Waals surface area (Å²) in [5.41, 5.74) is 2.04. The predicted octanol–water partition coefficient (Wildman–Crippen LogP) is 4.40. The Hall–Kier alpha value is -3.64. The number of anilines is 2. The summed E-state index contributed by atoms with van der Waals surface area (Å²) in [6.45, 7) is 0. The molecule has 1 aliphatic heterocycles. The van der Waals surface area contributed by atoms with Crippen molar-refractivity contribution in [1.29, 1.82) is 0 Å². The number of rotatable bonds is 4. The summed E-state index contributed by atoms with van der Waals surface area (Å²) in [5.74, 6) is -0.596. The van der Waals surface area contributed by atoms with Gasteiger partial charge in [0.05, 0.1) is 28.9 Å². The number of carbonyl (C=O) groups excluding carboxylic acids is 3. The fourth-order valence-corrected chi connectivity index (χ4v) is 3.39. The van der Waals surface area contributed by atoms with Gasteiger partial charge in [0.15, 0.2) is 0 Å². The maximum absolute atomic E-state index is 12.6. The maximum atomic E-state index is 12.6. The lowest BCUT2D eigenvalue weighted by atomic mass is 10.1. The second-order valence-electron chi connectivity index (χ2n) is 6.34. The average Bonchev–Trinajstić information content (AvgIpc) is 2.99. The summed E-state index contributed by atoms with van der Waals surface area (Å²) in [5, 5.41) is 3.13. The van der Waals surface area contributed by atoms with E-state index in [1.54, 1.807) is 66.7 Å². The first-order valence-corrected chi connectivity index (χ1v) is 9.10. The van der Waals surface area contributed by atoms with Crippen molar-refractivity contribution in [3.05, 3.63) is 88.4 Å². The van der Waals surface area contributed by atoms with Crippen molar-refractivity contribution in [1.82, 2.24) is 0 Å². The Morgan fingerprint density at radius 1 is 0.931 bits per heavy atom. The van der Waals surface area contributed by atoms with Crippen molar-refractivity contribution in [2.45, 2.75) is 0 Å². The van der Waals surface area contributed by atoms with Crippen LogP contribution in [0.2, 0.25) is 5.02 Å². The van der Waals surface area contributed by atoms with Crippen molar-refractivity contribution in [2.24, 2.45) is 0 Å². The SMILES string of the molecule is COc1ccc(NC(=O)c2ccc(N3C(=O)c4ccccc4C3=O)cc2)cc1Cl. The number of ether oxygens (including phenoxy) is 1. The van der Waals surface area contributed by atoms with E-state index in [4.69, 9.17) is 16.3 Å². The molecule has 1 aliphatic rings. The summed E-state index contributed by atoms with van der Waals surface area (Å²) in [7, 11) is 1.51. The third kappa shape index (κ3) is 3.34. The number of carbonyl (C=O) groups is 3. The zero-order chi connectivity index (χ0) is 20.5. The van der Waals surface area contributed by atoms with E-state index in [0.717, 1.165) is 4.90 Å². The molecule has 1 heterocycles. The molecule has 0 atom stereocenters. The molecule has 6 nitrogen and oxygen atoms in total. The van der Waals surface area contributed by atoms with E-state index >= 15 is 0 Å². The Labute approximate surface area is 171 Å². The van der Waals surface area contributed by atoms with Crippen LogP contribution in [-0.4, -0.2) is 24.8 Å². The first-order chi connectivity index (χ1) is 14.0. The van der Waals surface area contributed by atoms with Gasteiger partial charge in [0.1, 0.15) is 5.75 Å². The molecule has 0 bridgehead atoms. The second kappa shape index (κ2) is 7.41. The van der Waals surface area contributed by atoms with Gasteiger partial charge >= 0.3 is 0 Å². The number of hydrogen-bond acceptors (Lipinski definition) is 4. The van der Waals surface area contributed by atoms with Crippen LogP contribution in [0.25, 0.3) is 0 Å². The van der Waals surface area contributed by atoms with Gasteiger partial charge in [0, 0.05) is 11.3 Å². The number of fused-ring (bicyclic) bond motifs is 1. The number of imide groups is 1. The van der Waals surface area contributed by atoms with Gasteiger partial charge in [0.2, 0.25) is 0 Å². The molecule has 0 saturated carbocycles. The third-order valence-electron chi connectivity index (χ3n) is 4.59. The molecule has 29 heavy (non-hydrogen) atoms. The molecule has 0 aromatic heterocycles. The fourth-order valence-electron chi connectivity index (χ4n) is 3.13. The van der Waals surface area contributed by atoms with Crippen LogP contribution in [0, 0.1) is 0 Å². The summed E-state index contributed by atoms with van der Waals surface area (Å²) in [4.78, 5) is 38.7. The third-order valence-corrected chi connectivity index (χ3v) is 4.89. The fraction of sp³-hybridized carbons (Fsp3) is 0.0455. The normalized spacial score (nSPS) is 12.7. The molecule has 4 rings (SSSR count). The largest absolute Gasteiger partial charge is 0.495 e. The van der Waals surface area contributed by atoms with Gasteiger partial charge in [-0.05, 0) is 54.6 Å². The summed E-state index contributed by atoms with van der Waals surface area (Å²) < 4.78 is 5.09. The first kappa shape index (κ1) is 18.7. The van der Waals surface area contributed by atoms with E-state index in [9.17, 15) is 14.4 Å². The van der Waals surface area contributed by atoms with Gasteiger partial charge in [-0.25, -0.2) is 4.90 Å². The molecule has 3 aromatic carbocycles. The summed E-state index contributed by atoms with van der Waals surface area (Å²) in [6, 6.07) is 17.8. The summed E-state index contributed by atoms with van der Waals surface area (Å²) >= 11 is 6.07. The van der Waals surface area contributed by atoms with E-state index in [1.807, 2.05) is 0 Å². The highest BCUT2D eigenvalue weighted by molar-refractivity contribution is 6.34. The van der Waals surface area contributed by atoms with Crippen molar-refractivity contribution in [3.8, 4) is 5.75 Å². The zero-order valence-corrected chi connectivity index (χ0v) is 16.1. The highest BCUT2D eigenvalue weighted by Crippen LogP contribution is 2.29. The van der Waals surface area contributed by atoms with E-state index in [1.165, 1.54) is 7.11 Å². The molecule has 1 N–H and O–H groups in total. The number of nitrogens with zero attached hydrogens (tertiary/aromatic N) is 1. The number of halogens is 1. The number of nitrogens with one attached hydrogen (secondary N) is 1. The minimum atomic E-state index is -0.379. The lowest BCUT2D eigenvalue weighted by Crippen LogP contribution is -2.29. The number of hydrogen-bond donors (Lipinski definition) is 1. The Bertz CT molecular complexity index is 1110. The van der Waals surface area contributed by atoms with E-state index < -0.39 is 0 Å². The maximum Gasteiger partial charge on any atom is 0.266 e. The van der Waals surface area contributed by atoms with Gasteiger partial charge in [-0.3, -0.25) is 14.4 Å². The molecule has 3 amide bonds. The Morgan fingerprint density at radius 3 is 2.10 bits per heavy atom. The van der Waals surface area contributed by atoms with E-state index in [-0.39, 0.29) is 17.7 Å². The number of benzene rings is 3. The molecule has 0 fully saturated rings. The van der Waals surface area contributed by atoms with Gasteiger partial charge in [-0.1, -0.05) is 23.7 Å². The molecule has 144 valence electrons. The van der Waals surface area contributed by atoms with Crippen molar-refractivity contribution < 1.29 is 19.1 Å². The number of amides is 3. The summed E-state index contributed by atoms with van der Waals surface area (Å²) in [6.07, 6.45) is 0. The van der Waals surface area contributed by atoms with Gasteiger partial charge in [0.25, 0.3) is 17.7 Å². The lowest BCUT2D eigenvalue weighted by Gasteiger charge is -2.14. The van der Waals surface area contributed by atoms with Crippen molar-refractivity contribution in [3.63, 3.8) is 0 Å². The molecule has 7 heteroatoms. The van der Waals surface area contributed by atoms with Crippen LogP contribution in [-0.2, 0) is 0 Å². The first-order valence-electron chi connectivity index (χ1n) is 8.72. The molecule has 0 aliphatic carbocycles. The molecule has 0 unspecified atom stereocenters. The van der Waals surface area contributed by atoms with Crippen LogP contribution < -0.4 is 15.0 Å². The smallest absolute Gasteiger partial charge is 0.266 e. The highest BCUT2D eigenvalue weighted by Gasteiger charge is 2.36. The van der Waals surface area contributed by atoms with Crippen molar-refractivity contribution in [2.75, 3.05) is 17.3 Å².